The normalized spacial score (nSPS) is 21.7. The van der Waals surface area contributed by atoms with Gasteiger partial charge in [-0.15, -0.1) is 11.3 Å². The number of thiophene rings is 1. The topological polar surface area (TPSA) is 62.3 Å². The second-order valence-corrected chi connectivity index (χ2v) is 8.89. The van der Waals surface area contributed by atoms with Crippen molar-refractivity contribution in [3.8, 4) is 11.5 Å². The predicted molar refractivity (Wildman–Crippen MR) is 120 cm³/mol. The van der Waals surface area contributed by atoms with Crippen LogP contribution in [0.4, 0.5) is 0 Å². The van der Waals surface area contributed by atoms with E-state index >= 15 is 0 Å². The van der Waals surface area contributed by atoms with Gasteiger partial charge >= 0.3 is 0 Å². The highest BCUT2D eigenvalue weighted by molar-refractivity contribution is 7.10. The van der Waals surface area contributed by atoms with Gasteiger partial charge in [0, 0.05) is 43.7 Å². The lowest BCUT2D eigenvalue weighted by Gasteiger charge is -2.43. The van der Waals surface area contributed by atoms with Crippen molar-refractivity contribution in [2.45, 2.75) is 18.9 Å². The molecule has 7 nitrogen and oxygen atoms in total. The lowest BCUT2D eigenvalue weighted by molar-refractivity contribution is -0.136. The Kier molecular flexibility index (Phi) is 6.20. The highest BCUT2D eigenvalue weighted by Crippen LogP contribution is 2.47. The zero-order valence-electron chi connectivity index (χ0n) is 18.5. The monoisotopic (exact) mass is 443 g/mol. The average Bonchev–Trinajstić information content (AvgIpc) is 3.34. The van der Waals surface area contributed by atoms with Crippen molar-refractivity contribution in [3.63, 3.8) is 0 Å². The van der Waals surface area contributed by atoms with Crippen molar-refractivity contribution in [1.29, 1.82) is 0 Å². The number of likely N-dealkylation sites (N-methyl/N-ethyl adjacent to an activating group) is 2. The van der Waals surface area contributed by atoms with Gasteiger partial charge in [-0.1, -0.05) is 13.0 Å². The van der Waals surface area contributed by atoms with E-state index in [1.807, 2.05) is 28.5 Å². The Morgan fingerprint density at radius 3 is 2.39 bits per heavy atom. The molecule has 0 spiro atoms. The van der Waals surface area contributed by atoms with Crippen LogP contribution in [0.1, 0.15) is 39.7 Å². The van der Waals surface area contributed by atoms with Crippen LogP contribution >= 0.6 is 11.3 Å². The molecule has 0 saturated carbocycles. The molecule has 0 aliphatic carbocycles. The number of rotatable bonds is 5. The van der Waals surface area contributed by atoms with E-state index in [-0.39, 0.29) is 17.9 Å². The van der Waals surface area contributed by atoms with Crippen LogP contribution in [-0.2, 0) is 4.79 Å². The molecule has 2 amide bonds. The third-order valence-electron chi connectivity index (χ3n) is 6.41. The number of carbonyl (C=O) groups excluding carboxylic acids is 2. The first-order valence-electron chi connectivity index (χ1n) is 10.6. The van der Waals surface area contributed by atoms with Crippen LogP contribution in [-0.4, -0.2) is 80.5 Å². The molecular formula is C23H29N3O4S. The number of amides is 2. The van der Waals surface area contributed by atoms with Gasteiger partial charge in [0.2, 0.25) is 5.91 Å². The molecule has 2 aliphatic rings. The minimum Gasteiger partial charge on any atom is -0.493 e. The first-order valence-corrected chi connectivity index (χ1v) is 11.5. The van der Waals surface area contributed by atoms with Gasteiger partial charge in [0.15, 0.2) is 11.5 Å². The Hall–Kier alpha value is -2.58. The predicted octanol–water partition coefficient (Wildman–Crippen LogP) is 2.84. The standard InChI is InChI=1S/C23H29N3O4S/c1-5-25-8-10-26(11-9-25)23(28)20-15-13-17(29-3)18(30-4)14-16(15)22(27)24(2)21(20)19-7-6-12-31-19/h6-7,12-14,20-21H,5,8-11H2,1-4H3. The van der Waals surface area contributed by atoms with Crippen LogP contribution in [0.3, 0.4) is 0 Å². The fourth-order valence-corrected chi connectivity index (χ4v) is 5.52. The van der Waals surface area contributed by atoms with Gasteiger partial charge in [0.25, 0.3) is 5.91 Å². The summed E-state index contributed by atoms with van der Waals surface area (Å²) in [5.74, 6) is 0.456. The van der Waals surface area contributed by atoms with Gasteiger partial charge in [-0.2, -0.15) is 0 Å². The summed E-state index contributed by atoms with van der Waals surface area (Å²) < 4.78 is 10.9. The van der Waals surface area contributed by atoms with Gasteiger partial charge in [0.1, 0.15) is 0 Å². The SMILES string of the molecule is CCN1CCN(C(=O)C2c3cc(OC)c(OC)cc3C(=O)N(C)C2c2cccs2)CC1. The van der Waals surface area contributed by atoms with E-state index in [1.54, 1.807) is 43.6 Å². The van der Waals surface area contributed by atoms with E-state index in [9.17, 15) is 9.59 Å². The molecule has 2 unspecified atom stereocenters. The van der Waals surface area contributed by atoms with Crippen LogP contribution in [0.15, 0.2) is 29.6 Å². The van der Waals surface area contributed by atoms with Crippen LogP contribution < -0.4 is 9.47 Å². The van der Waals surface area contributed by atoms with E-state index in [0.717, 1.165) is 24.5 Å². The molecular weight excluding hydrogens is 414 g/mol. The third kappa shape index (κ3) is 3.78. The molecule has 8 heteroatoms. The smallest absolute Gasteiger partial charge is 0.254 e. The summed E-state index contributed by atoms with van der Waals surface area (Å²) in [5.41, 5.74) is 1.21. The molecule has 3 heterocycles. The number of hydrogen-bond donors (Lipinski definition) is 0. The van der Waals surface area contributed by atoms with Crippen LogP contribution in [0.25, 0.3) is 0 Å². The van der Waals surface area contributed by atoms with E-state index in [4.69, 9.17) is 9.47 Å². The molecule has 4 rings (SSSR count). The lowest BCUT2D eigenvalue weighted by atomic mass is 9.81. The number of benzene rings is 1. The fraction of sp³-hybridized carbons (Fsp3) is 0.478. The first-order chi connectivity index (χ1) is 15.0. The van der Waals surface area contributed by atoms with Crippen LogP contribution in [0, 0.1) is 0 Å². The molecule has 166 valence electrons. The quantitative estimate of drug-likeness (QED) is 0.711. The maximum atomic E-state index is 13.9. The van der Waals surface area contributed by atoms with Crippen molar-refractivity contribution < 1.29 is 19.1 Å². The second kappa shape index (κ2) is 8.88. The number of fused-ring (bicyclic) bond motifs is 1. The van der Waals surface area contributed by atoms with Gasteiger partial charge in [-0.05, 0) is 35.7 Å². The summed E-state index contributed by atoms with van der Waals surface area (Å²) in [5, 5.41) is 1.99. The summed E-state index contributed by atoms with van der Waals surface area (Å²) in [7, 11) is 4.89. The van der Waals surface area contributed by atoms with Gasteiger partial charge in [-0.25, -0.2) is 0 Å². The summed E-state index contributed by atoms with van der Waals surface area (Å²) in [4.78, 5) is 34.2. The Morgan fingerprint density at radius 2 is 1.81 bits per heavy atom. The zero-order chi connectivity index (χ0) is 22.1. The van der Waals surface area contributed by atoms with E-state index in [1.165, 1.54) is 0 Å². The second-order valence-electron chi connectivity index (χ2n) is 7.91. The molecule has 0 radical (unpaired) electrons. The Balaban J connectivity index is 1.81. The number of piperazine rings is 1. The molecule has 2 atom stereocenters. The van der Waals surface area contributed by atoms with E-state index in [2.05, 4.69) is 11.8 Å². The highest BCUT2D eigenvalue weighted by Gasteiger charge is 2.45. The number of methoxy groups -OCH3 is 2. The molecule has 31 heavy (non-hydrogen) atoms. The fourth-order valence-electron chi connectivity index (χ4n) is 4.61. The van der Waals surface area contributed by atoms with Gasteiger partial charge in [0.05, 0.1) is 26.2 Å². The molecule has 1 fully saturated rings. The van der Waals surface area contributed by atoms with E-state index < -0.39 is 5.92 Å². The Morgan fingerprint density at radius 1 is 1.13 bits per heavy atom. The number of carbonyl (C=O) groups is 2. The molecule has 1 saturated heterocycles. The van der Waals surface area contributed by atoms with E-state index in [0.29, 0.717) is 35.7 Å². The summed E-state index contributed by atoms with van der Waals surface area (Å²) in [6.07, 6.45) is 0. The van der Waals surface area contributed by atoms with Crippen molar-refractivity contribution in [3.05, 3.63) is 45.6 Å². The summed E-state index contributed by atoms with van der Waals surface area (Å²) >= 11 is 1.57. The molecule has 0 N–H and O–H groups in total. The number of nitrogens with zero attached hydrogens (tertiary/aromatic N) is 3. The minimum absolute atomic E-state index is 0.0574. The third-order valence-corrected chi connectivity index (χ3v) is 7.35. The van der Waals surface area contributed by atoms with Crippen LogP contribution in [0.5, 0.6) is 11.5 Å². The van der Waals surface area contributed by atoms with Crippen molar-refractivity contribution in [2.75, 3.05) is 54.0 Å². The van der Waals surface area contributed by atoms with Gasteiger partial charge in [-0.3, -0.25) is 9.59 Å². The largest absolute Gasteiger partial charge is 0.493 e. The first kappa shape index (κ1) is 21.6. The zero-order valence-corrected chi connectivity index (χ0v) is 19.3. The van der Waals surface area contributed by atoms with Crippen molar-refractivity contribution in [1.82, 2.24) is 14.7 Å². The number of hydrogen-bond acceptors (Lipinski definition) is 6. The Labute approximate surface area is 187 Å². The molecule has 0 bridgehead atoms. The lowest BCUT2D eigenvalue weighted by Crippen LogP contribution is -2.52. The maximum absolute atomic E-state index is 13.9. The molecule has 2 aromatic rings. The van der Waals surface area contributed by atoms with Crippen molar-refractivity contribution >= 4 is 23.2 Å². The molecule has 1 aromatic carbocycles. The highest BCUT2D eigenvalue weighted by atomic mass is 32.1. The van der Waals surface area contributed by atoms with Crippen LogP contribution in [0.2, 0.25) is 0 Å². The minimum atomic E-state index is -0.496. The average molecular weight is 444 g/mol. The molecule has 2 aliphatic heterocycles. The summed E-state index contributed by atoms with van der Waals surface area (Å²) in [6.45, 7) is 6.25. The molecule has 1 aromatic heterocycles. The Bertz CT molecular complexity index is 954. The number of ether oxygens (including phenoxy) is 2. The maximum Gasteiger partial charge on any atom is 0.254 e. The summed E-state index contributed by atoms with van der Waals surface area (Å²) in [6, 6.07) is 7.12. The van der Waals surface area contributed by atoms with Gasteiger partial charge < -0.3 is 24.2 Å². The van der Waals surface area contributed by atoms with Crippen molar-refractivity contribution in [2.24, 2.45) is 0 Å².